The van der Waals surface area contributed by atoms with Gasteiger partial charge < -0.3 is 4.57 Å². The van der Waals surface area contributed by atoms with Crippen LogP contribution >= 0.6 is 0 Å². The molecule has 0 aliphatic rings. The van der Waals surface area contributed by atoms with Gasteiger partial charge in [-0.1, -0.05) is 164 Å². The molecule has 0 saturated carbocycles. The Morgan fingerprint density at radius 1 is 0.339 bits per heavy atom. The molecule has 0 atom stereocenters. The summed E-state index contributed by atoms with van der Waals surface area (Å²) in [6.07, 6.45) is 0. The molecular formula is C58H34N4. The lowest BCUT2D eigenvalue weighted by molar-refractivity contribution is 1.08. The van der Waals surface area contributed by atoms with E-state index in [1.54, 1.807) is 0 Å². The molecular weight excluding hydrogens is 753 g/mol. The van der Waals surface area contributed by atoms with E-state index < -0.39 is 0 Å². The summed E-state index contributed by atoms with van der Waals surface area (Å²) in [5, 5.41) is 14.6. The molecule has 3 aromatic heterocycles. The van der Waals surface area contributed by atoms with Crippen molar-refractivity contribution in [3.8, 4) is 33.9 Å². The van der Waals surface area contributed by atoms with Crippen LogP contribution in [0.4, 0.5) is 0 Å². The van der Waals surface area contributed by atoms with Crippen molar-refractivity contribution in [2.24, 2.45) is 0 Å². The second-order valence-corrected chi connectivity index (χ2v) is 16.5. The minimum absolute atomic E-state index is 0.812. The van der Waals surface area contributed by atoms with Gasteiger partial charge in [0.15, 0.2) is 5.82 Å². The number of aromatic nitrogens is 4. The first-order valence-electron chi connectivity index (χ1n) is 21.3. The van der Waals surface area contributed by atoms with Crippen LogP contribution in [0.5, 0.6) is 0 Å². The Morgan fingerprint density at radius 2 is 1.00 bits per heavy atom. The number of fused-ring (bicyclic) bond motifs is 11. The van der Waals surface area contributed by atoms with Crippen molar-refractivity contribution in [3.05, 3.63) is 206 Å². The second kappa shape index (κ2) is 12.6. The molecule has 4 nitrogen and oxygen atoms in total. The van der Waals surface area contributed by atoms with Gasteiger partial charge >= 0.3 is 0 Å². The number of nitrogens with zero attached hydrogens (tertiary/aromatic N) is 4. The third-order valence-electron chi connectivity index (χ3n) is 13.2. The lowest BCUT2D eigenvalue weighted by atomic mass is 9.89. The topological polar surface area (TPSA) is 35.6 Å². The van der Waals surface area contributed by atoms with Crippen molar-refractivity contribution in [3.63, 3.8) is 0 Å². The van der Waals surface area contributed by atoms with Crippen molar-refractivity contribution < 1.29 is 0 Å². The minimum Gasteiger partial charge on any atom is -0.309 e. The minimum atomic E-state index is 0.812. The molecule has 14 aromatic rings. The first-order valence-corrected chi connectivity index (χ1v) is 21.3. The van der Waals surface area contributed by atoms with Gasteiger partial charge in [-0.15, -0.1) is 0 Å². The largest absolute Gasteiger partial charge is 0.309 e. The molecule has 14 rings (SSSR count). The normalized spacial score (nSPS) is 12.2. The van der Waals surface area contributed by atoms with Crippen LogP contribution in [0.15, 0.2) is 206 Å². The van der Waals surface area contributed by atoms with Crippen LogP contribution in [0.1, 0.15) is 0 Å². The second-order valence-electron chi connectivity index (χ2n) is 16.5. The molecule has 0 spiro atoms. The van der Waals surface area contributed by atoms with Gasteiger partial charge in [-0.25, -0.2) is 9.97 Å². The van der Waals surface area contributed by atoms with Crippen LogP contribution in [0.25, 0.3) is 132 Å². The van der Waals surface area contributed by atoms with Crippen LogP contribution in [-0.4, -0.2) is 19.1 Å². The van der Waals surface area contributed by atoms with E-state index in [2.05, 4.69) is 215 Å². The van der Waals surface area contributed by atoms with Gasteiger partial charge in [0.1, 0.15) is 5.69 Å². The summed E-state index contributed by atoms with van der Waals surface area (Å²) in [7, 11) is 0. The average molecular weight is 787 g/mol. The van der Waals surface area contributed by atoms with Gasteiger partial charge in [0, 0.05) is 49.1 Å². The Hall–Kier alpha value is -8.34. The summed E-state index contributed by atoms with van der Waals surface area (Å²) in [6.45, 7) is 0. The molecule has 0 aliphatic heterocycles. The smallest absolute Gasteiger partial charge is 0.165 e. The molecule has 0 unspecified atom stereocenters. The molecule has 4 heteroatoms. The van der Waals surface area contributed by atoms with Gasteiger partial charge in [0.05, 0.1) is 33.1 Å². The lowest BCUT2D eigenvalue weighted by Crippen LogP contribution is -2.04. The van der Waals surface area contributed by atoms with Gasteiger partial charge in [-0.2, -0.15) is 0 Å². The maximum Gasteiger partial charge on any atom is 0.165 e. The predicted octanol–water partition coefficient (Wildman–Crippen LogP) is 15.2. The number of hydrogen-bond donors (Lipinski definition) is 0. The van der Waals surface area contributed by atoms with Crippen LogP contribution < -0.4 is 0 Å². The number of benzene rings is 11. The molecule has 286 valence electrons. The maximum atomic E-state index is 5.76. The van der Waals surface area contributed by atoms with Crippen molar-refractivity contribution in [2.45, 2.75) is 0 Å². The van der Waals surface area contributed by atoms with E-state index in [1.807, 2.05) is 0 Å². The van der Waals surface area contributed by atoms with Crippen molar-refractivity contribution in [1.29, 1.82) is 0 Å². The molecule has 0 fully saturated rings. The van der Waals surface area contributed by atoms with Crippen molar-refractivity contribution in [2.75, 3.05) is 0 Å². The van der Waals surface area contributed by atoms with E-state index in [1.165, 1.54) is 70.5 Å². The fraction of sp³-hybridized carbons (Fsp3) is 0. The van der Waals surface area contributed by atoms with Gasteiger partial charge in [0.25, 0.3) is 0 Å². The van der Waals surface area contributed by atoms with Crippen LogP contribution in [0.2, 0.25) is 0 Å². The summed E-state index contributed by atoms with van der Waals surface area (Å²) in [5.41, 5.74) is 11.7. The quantitative estimate of drug-likeness (QED) is 0.167. The van der Waals surface area contributed by atoms with Crippen LogP contribution in [0.3, 0.4) is 0 Å². The Morgan fingerprint density at radius 3 is 1.84 bits per heavy atom. The molecule has 0 radical (unpaired) electrons. The van der Waals surface area contributed by atoms with E-state index in [0.717, 1.165) is 61.2 Å². The van der Waals surface area contributed by atoms with Gasteiger partial charge in [0.2, 0.25) is 0 Å². The Labute approximate surface area is 355 Å². The third-order valence-corrected chi connectivity index (χ3v) is 13.2. The highest BCUT2D eigenvalue weighted by Gasteiger charge is 2.27. The van der Waals surface area contributed by atoms with Crippen LogP contribution in [-0.2, 0) is 0 Å². The van der Waals surface area contributed by atoms with E-state index >= 15 is 0 Å². The zero-order chi connectivity index (χ0) is 40.5. The Balaban J connectivity index is 1.21. The summed E-state index contributed by atoms with van der Waals surface area (Å²) in [4.78, 5) is 11.3. The maximum absolute atomic E-state index is 5.76. The SMILES string of the molecule is c1ccc(-c2nc3ccc4ccccc4c3nc2-n2c3cc(-c4cccc5c6ccccc6n(-c6ccccc6)c45)cc4c5ccccc5c5c6ccccc6cc2c5c43)cc1. The highest BCUT2D eigenvalue weighted by molar-refractivity contribution is 6.40. The zero-order valence-corrected chi connectivity index (χ0v) is 33.4. The fourth-order valence-electron chi connectivity index (χ4n) is 10.6. The number of rotatable bonds is 4. The summed E-state index contributed by atoms with van der Waals surface area (Å²) >= 11 is 0. The Bertz CT molecular complexity index is 4140. The summed E-state index contributed by atoms with van der Waals surface area (Å²) in [6, 6.07) is 74.8. The molecule has 11 aromatic carbocycles. The Kier molecular flexibility index (Phi) is 6.80. The molecule has 0 bridgehead atoms. The first-order chi connectivity index (χ1) is 30.8. The van der Waals surface area contributed by atoms with E-state index in [0.29, 0.717) is 0 Å². The lowest BCUT2D eigenvalue weighted by Gasteiger charge is -2.16. The zero-order valence-electron chi connectivity index (χ0n) is 33.4. The molecule has 0 N–H and O–H groups in total. The third kappa shape index (κ3) is 4.55. The fourth-order valence-corrected chi connectivity index (χ4v) is 10.6. The number of para-hydroxylation sites is 3. The van der Waals surface area contributed by atoms with E-state index in [4.69, 9.17) is 9.97 Å². The highest BCUT2D eigenvalue weighted by Crippen LogP contribution is 2.49. The molecule has 0 saturated heterocycles. The van der Waals surface area contributed by atoms with E-state index in [-0.39, 0.29) is 0 Å². The summed E-state index contributed by atoms with van der Waals surface area (Å²) < 4.78 is 4.88. The average Bonchev–Trinajstić information content (AvgIpc) is 3.86. The van der Waals surface area contributed by atoms with Gasteiger partial charge in [-0.3, -0.25) is 4.57 Å². The summed E-state index contributed by atoms with van der Waals surface area (Å²) in [5.74, 6) is 0.812. The van der Waals surface area contributed by atoms with Gasteiger partial charge in [-0.05, 0) is 80.3 Å². The first kappa shape index (κ1) is 33.5. The molecule has 62 heavy (non-hydrogen) atoms. The standard InChI is InChI=1S/C58H34N4/c1-3-17-36(18-4-1)55-58(60-56-41-23-10-7-16-35(41)30-31-48(56)59-55)62-50-34-38(42-27-15-28-46-44-25-13-14-29-49(44)61(57(42)46)39-20-5-2-6-21-39)32-47-43-24-11-12-26-45(43)52-40-22-9-8-19-37(40)33-51(62)54(52)53(47)50/h1-34H. The van der Waals surface area contributed by atoms with Crippen LogP contribution in [0, 0.1) is 0 Å². The number of hydrogen-bond acceptors (Lipinski definition) is 2. The molecule has 0 amide bonds. The van der Waals surface area contributed by atoms with E-state index in [9.17, 15) is 0 Å². The predicted molar refractivity (Wildman–Crippen MR) is 260 cm³/mol. The van der Waals surface area contributed by atoms with Crippen molar-refractivity contribution >= 4 is 97.7 Å². The monoisotopic (exact) mass is 786 g/mol. The van der Waals surface area contributed by atoms with Crippen molar-refractivity contribution in [1.82, 2.24) is 19.1 Å². The molecule has 3 heterocycles. The molecule has 0 aliphatic carbocycles. The highest BCUT2D eigenvalue weighted by atomic mass is 15.1.